The SMILES string of the molecule is O=C(Nc1cc(C(F)(F)F)ccc1Cl)c1nc2ccccc2nc1N1CCCC1. The van der Waals surface area contributed by atoms with E-state index >= 15 is 0 Å². The molecule has 150 valence electrons. The van der Waals surface area contributed by atoms with Gasteiger partial charge in [-0.15, -0.1) is 0 Å². The highest BCUT2D eigenvalue weighted by molar-refractivity contribution is 6.34. The number of fused-ring (bicyclic) bond motifs is 1. The molecule has 0 spiro atoms. The standard InChI is InChI=1S/C20H16ClF3N4O/c21-13-8-7-12(20(22,23)24)11-16(13)27-19(29)17-18(28-9-3-4-10-28)26-15-6-2-1-5-14(15)25-17/h1-2,5-8,11H,3-4,9-10H2,(H,27,29). The van der Waals surface area contributed by atoms with Crippen molar-refractivity contribution in [2.75, 3.05) is 23.3 Å². The van der Waals surface area contributed by atoms with Gasteiger partial charge in [0.2, 0.25) is 0 Å². The van der Waals surface area contributed by atoms with Gasteiger partial charge < -0.3 is 10.2 Å². The Morgan fingerprint density at radius 1 is 1.03 bits per heavy atom. The second-order valence-electron chi connectivity index (χ2n) is 6.73. The van der Waals surface area contributed by atoms with Crippen molar-refractivity contribution in [3.8, 4) is 0 Å². The fourth-order valence-corrected chi connectivity index (χ4v) is 3.44. The van der Waals surface area contributed by atoms with E-state index in [1.54, 1.807) is 18.2 Å². The van der Waals surface area contributed by atoms with E-state index in [4.69, 9.17) is 11.6 Å². The molecule has 0 unspecified atom stereocenters. The monoisotopic (exact) mass is 420 g/mol. The van der Waals surface area contributed by atoms with E-state index in [1.807, 2.05) is 11.0 Å². The summed E-state index contributed by atoms with van der Waals surface area (Å²) in [5.41, 5.74) is 0.188. The van der Waals surface area contributed by atoms with Crippen molar-refractivity contribution in [1.29, 1.82) is 0 Å². The summed E-state index contributed by atoms with van der Waals surface area (Å²) in [5, 5.41) is 2.47. The highest BCUT2D eigenvalue weighted by Crippen LogP contribution is 2.34. The minimum absolute atomic E-state index is 0.00261. The Morgan fingerprint density at radius 2 is 1.69 bits per heavy atom. The van der Waals surface area contributed by atoms with Crippen molar-refractivity contribution in [2.45, 2.75) is 19.0 Å². The number of anilines is 2. The molecule has 2 heterocycles. The zero-order chi connectivity index (χ0) is 20.6. The number of aromatic nitrogens is 2. The number of carbonyl (C=O) groups excluding carboxylic acids is 1. The zero-order valence-electron chi connectivity index (χ0n) is 15.1. The van der Waals surface area contributed by atoms with Gasteiger partial charge in [-0.05, 0) is 43.2 Å². The van der Waals surface area contributed by atoms with Gasteiger partial charge in [0, 0.05) is 13.1 Å². The average Bonchev–Trinajstić information content (AvgIpc) is 3.22. The molecule has 1 aromatic heterocycles. The van der Waals surface area contributed by atoms with E-state index in [0.29, 0.717) is 16.9 Å². The molecule has 5 nitrogen and oxygen atoms in total. The van der Waals surface area contributed by atoms with Gasteiger partial charge in [0.1, 0.15) is 0 Å². The van der Waals surface area contributed by atoms with Gasteiger partial charge in [-0.1, -0.05) is 23.7 Å². The predicted octanol–water partition coefficient (Wildman–Crippen LogP) is 5.15. The summed E-state index contributed by atoms with van der Waals surface area (Å²) in [4.78, 5) is 24.0. The Kier molecular flexibility index (Phi) is 5.04. The molecule has 4 rings (SSSR count). The lowest BCUT2D eigenvalue weighted by molar-refractivity contribution is -0.137. The van der Waals surface area contributed by atoms with Crippen LogP contribution < -0.4 is 10.2 Å². The molecule has 2 aromatic carbocycles. The number of halogens is 4. The number of alkyl halides is 3. The summed E-state index contributed by atoms with van der Waals surface area (Å²) in [7, 11) is 0. The van der Waals surface area contributed by atoms with Crippen molar-refractivity contribution < 1.29 is 18.0 Å². The number of hydrogen-bond acceptors (Lipinski definition) is 4. The molecule has 1 aliphatic rings. The third-order valence-corrected chi connectivity index (χ3v) is 5.04. The number of para-hydroxylation sites is 2. The minimum Gasteiger partial charge on any atom is -0.355 e. The molecule has 0 saturated carbocycles. The van der Waals surface area contributed by atoms with E-state index in [0.717, 1.165) is 44.1 Å². The Morgan fingerprint density at radius 3 is 2.34 bits per heavy atom. The molecule has 1 amide bonds. The molecule has 1 N–H and O–H groups in total. The van der Waals surface area contributed by atoms with Crippen LogP contribution in [0.4, 0.5) is 24.7 Å². The van der Waals surface area contributed by atoms with Gasteiger partial charge in [0.15, 0.2) is 11.5 Å². The summed E-state index contributed by atoms with van der Waals surface area (Å²) < 4.78 is 39.1. The van der Waals surface area contributed by atoms with Crippen LogP contribution >= 0.6 is 11.6 Å². The fourth-order valence-electron chi connectivity index (χ4n) is 3.27. The topological polar surface area (TPSA) is 58.1 Å². The zero-order valence-corrected chi connectivity index (χ0v) is 15.9. The largest absolute Gasteiger partial charge is 0.416 e. The van der Waals surface area contributed by atoms with Crippen LogP contribution in [-0.4, -0.2) is 29.0 Å². The first-order chi connectivity index (χ1) is 13.8. The number of nitrogens with zero attached hydrogens (tertiary/aromatic N) is 3. The molecular formula is C20H16ClF3N4O. The number of hydrogen-bond donors (Lipinski definition) is 1. The van der Waals surface area contributed by atoms with Crippen LogP contribution in [0.5, 0.6) is 0 Å². The van der Waals surface area contributed by atoms with Crippen molar-refractivity contribution in [3.05, 3.63) is 58.7 Å². The first-order valence-corrected chi connectivity index (χ1v) is 9.40. The van der Waals surface area contributed by atoms with Crippen LogP contribution in [0, 0.1) is 0 Å². The summed E-state index contributed by atoms with van der Waals surface area (Å²) in [6, 6.07) is 9.91. The maximum Gasteiger partial charge on any atom is 0.416 e. The van der Waals surface area contributed by atoms with Crippen LogP contribution in [0.3, 0.4) is 0 Å². The minimum atomic E-state index is -4.55. The Hall–Kier alpha value is -2.87. The van der Waals surface area contributed by atoms with Crippen LogP contribution in [0.1, 0.15) is 28.9 Å². The molecule has 0 aliphatic carbocycles. The summed E-state index contributed by atoms with van der Waals surface area (Å²) in [5.74, 6) is -0.242. The Labute approximate surface area is 169 Å². The maximum atomic E-state index is 13.0. The van der Waals surface area contributed by atoms with E-state index in [2.05, 4.69) is 15.3 Å². The lowest BCUT2D eigenvalue weighted by atomic mass is 10.2. The van der Waals surface area contributed by atoms with Gasteiger partial charge in [-0.25, -0.2) is 9.97 Å². The highest BCUT2D eigenvalue weighted by Gasteiger charge is 2.31. The smallest absolute Gasteiger partial charge is 0.355 e. The second kappa shape index (κ2) is 7.51. The van der Waals surface area contributed by atoms with Crippen molar-refractivity contribution in [1.82, 2.24) is 9.97 Å². The number of benzene rings is 2. The molecule has 1 aliphatic heterocycles. The van der Waals surface area contributed by atoms with Gasteiger partial charge in [-0.3, -0.25) is 4.79 Å². The Balaban J connectivity index is 1.74. The number of rotatable bonds is 3. The molecule has 1 saturated heterocycles. The lowest BCUT2D eigenvalue weighted by Gasteiger charge is -2.20. The molecule has 1 fully saturated rings. The first kappa shape index (κ1) is 19.4. The normalized spacial score (nSPS) is 14.4. The van der Waals surface area contributed by atoms with Gasteiger partial charge in [0.25, 0.3) is 5.91 Å². The molecule has 9 heteroatoms. The highest BCUT2D eigenvalue weighted by atomic mass is 35.5. The van der Waals surface area contributed by atoms with Crippen LogP contribution in [0.2, 0.25) is 5.02 Å². The van der Waals surface area contributed by atoms with E-state index in [-0.39, 0.29) is 16.4 Å². The van der Waals surface area contributed by atoms with Crippen molar-refractivity contribution in [2.24, 2.45) is 0 Å². The van der Waals surface area contributed by atoms with Gasteiger partial charge in [0.05, 0.1) is 27.3 Å². The average molecular weight is 421 g/mol. The maximum absolute atomic E-state index is 13.0. The van der Waals surface area contributed by atoms with Crippen molar-refractivity contribution >= 4 is 40.0 Å². The summed E-state index contributed by atoms with van der Waals surface area (Å²) in [6.07, 6.45) is -2.61. The van der Waals surface area contributed by atoms with Crippen LogP contribution in [0.15, 0.2) is 42.5 Å². The lowest BCUT2D eigenvalue weighted by Crippen LogP contribution is -2.25. The van der Waals surface area contributed by atoms with Crippen molar-refractivity contribution in [3.63, 3.8) is 0 Å². The number of nitrogens with one attached hydrogen (secondary N) is 1. The third-order valence-electron chi connectivity index (χ3n) is 4.71. The number of carbonyl (C=O) groups is 1. The first-order valence-electron chi connectivity index (χ1n) is 9.03. The van der Waals surface area contributed by atoms with Gasteiger partial charge in [-0.2, -0.15) is 13.2 Å². The number of amides is 1. The molecule has 0 radical (unpaired) electrons. The third kappa shape index (κ3) is 3.98. The van der Waals surface area contributed by atoms with Gasteiger partial charge >= 0.3 is 6.18 Å². The van der Waals surface area contributed by atoms with E-state index in [9.17, 15) is 18.0 Å². The predicted molar refractivity (Wildman–Crippen MR) is 105 cm³/mol. The molecule has 3 aromatic rings. The molecule has 0 atom stereocenters. The molecule has 0 bridgehead atoms. The summed E-state index contributed by atoms with van der Waals surface area (Å²) in [6.45, 7) is 1.47. The molecule has 29 heavy (non-hydrogen) atoms. The quantitative estimate of drug-likeness (QED) is 0.636. The van der Waals surface area contributed by atoms with Crippen LogP contribution in [-0.2, 0) is 6.18 Å². The second-order valence-corrected chi connectivity index (χ2v) is 7.13. The van der Waals surface area contributed by atoms with Crippen LogP contribution in [0.25, 0.3) is 11.0 Å². The van der Waals surface area contributed by atoms with E-state index < -0.39 is 17.6 Å². The summed E-state index contributed by atoms with van der Waals surface area (Å²) >= 11 is 6.01. The fraction of sp³-hybridized carbons (Fsp3) is 0.250. The Bertz CT molecular complexity index is 1080. The molecular weight excluding hydrogens is 405 g/mol. The van der Waals surface area contributed by atoms with E-state index in [1.165, 1.54) is 0 Å².